The molecule has 2 heterocycles. The zero-order chi connectivity index (χ0) is 19.0. The molecule has 0 aliphatic carbocycles. The van der Waals surface area contributed by atoms with Crippen LogP contribution < -0.4 is 10.2 Å². The Bertz CT molecular complexity index is 881. The molecule has 0 spiro atoms. The summed E-state index contributed by atoms with van der Waals surface area (Å²) in [6, 6.07) is 12.7. The smallest absolute Gasteiger partial charge is 0.257 e. The van der Waals surface area contributed by atoms with Crippen LogP contribution in [0.3, 0.4) is 0 Å². The van der Waals surface area contributed by atoms with Gasteiger partial charge in [-0.05, 0) is 55.2 Å². The van der Waals surface area contributed by atoms with Crippen LogP contribution in [0.25, 0.3) is 0 Å². The molecule has 2 aliphatic heterocycles. The van der Waals surface area contributed by atoms with Crippen molar-refractivity contribution in [1.82, 2.24) is 10.2 Å². The van der Waals surface area contributed by atoms with Gasteiger partial charge in [0.15, 0.2) is 0 Å². The number of amides is 2. The second-order valence-corrected chi connectivity index (χ2v) is 7.56. The van der Waals surface area contributed by atoms with Gasteiger partial charge in [0.1, 0.15) is 6.17 Å². The van der Waals surface area contributed by atoms with Crippen molar-refractivity contribution in [2.45, 2.75) is 32.0 Å². The summed E-state index contributed by atoms with van der Waals surface area (Å²) >= 11 is 5.89. The molecule has 0 saturated carbocycles. The number of nitrogens with zero attached hydrogens (tertiary/aromatic N) is 2. The van der Waals surface area contributed by atoms with Gasteiger partial charge in [0.25, 0.3) is 11.8 Å². The van der Waals surface area contributed by atoms with Gasteiger partial charge in [-0.2, -0.15) is 0 Å². The standard InChI is InChI=1S/C21H22ClN3O2/c1-24-18-12-15(20(26)23-13-14-5-8-16(22)9-6-14)7-10-17(18)21(27)25-11-3-2-4-19(24)25/h5-10,12,19H,2-4,11,13H2,1H3,(H,23,26)/t19-/m1/s1. The quantitative estimate of drug-likeness (QED) is 0.879. The van der Waals surface area contributed by atoms with Crippen LogP contribution in [-0.2, 0) is 6.54 Å². The Balaban J connectivity index is 1.53. The number of benzene rings is 2. The Morgan fingerprint density at radius 1 is 1.19 bits per heavy atom. The third-order valence-electron chi connectivity index (χ3n) is 5.42. The molecule has 1 atom stereocenters. The van der Waals surface area contributed by atoms with Crippen molar-refractivity contribution in [1.29, 1.82) is 0 Å². The number of anilines is 1. The molecular weight excluding hydrogens is 362 g/mol. The summed E-state index contributed by atoms with van der Waals surface area (Å²) < 4.78 is 0. The van der Waals surface area contributed by atoms with E-state index in [4.69, 9.17) is 11.6 Å². The topological polar surface area (TPSA) is 52.7 Å². The first-order valence-corrected chi connectivity index (χ1v) is 9.63. The van der Waals surface area contributed by atoms with E-state index in [2.05, 4.69) is 10.2 Å². The molecule has 1 fully saturated rings. The Morgan fingerprint density at radius 3 is 2.74 bits per heavy atom. The molecule has 140 valence electrons. The van der Waals surface area contributed by atoms with Crippen LogP contribution in [0.5, 0.6) is 0 Å². The molecule has 5 nitrogen and oxygen atoms in total. The van der Waals surface area contributed by atoms with Gasteiger partial charge >= 0.3 is 0 Å². The van der Waals surface area contributed by atoms with Crippen molar-refractivity contribution in [3.05, 3.63) is 64.2 Å². The molecule has 0 radical (unpaired) electrons. The minimum Gasteiger partial charge on any atom is -0.354 e. The van der Waals surface area contributed by atoms with Crippen molar-refractivity contribution in [2.75, 3.05) is 18.5 Å². The minimum atomic E-state index is -0.153. The highest BCUT2D eigenvalue weighted by molar-refractivity contribution is 6.30. The van der Waals surface area contributed by atoms with Gasteiger partial charge in [0.2, 0.25) is 0 Å². The number of rotatable bonds is 3. The summed E-state index contributed by atoms with van der Waals surface area (Å²) in [6.07, 6.45) is 3.23. The molecule has 2 aromatic carbocycles. The van der Waals surface area contributed by atoms with E-state index >= 15 is 0 Å². The number of nitrogens with one attached hydrogen (secondary N) is 1. The summed E-state index contributed by atoms with van der Waals surface area (Å²) in [4.78, 5) is 29.5. The first-order chi connectivity index (χ1) is 13.0. The van der Waals surface area contributed by atoms with Crippen molar-refractivity contribution < 1.29 is 9.59 Å². The number of hydrogen-bond donors (Lipinski definition) is 1. The van der Waals surface area contributed by atoms with Crippen LogP contribution in [0, 0.1) is 0 Å². The normalized spacial score (nSPS) is 18.7. The Labute approximate surface area is 163 Å². The third-order valence-corrected chi connectivity index (χ3v) is 5.67. The molecule has 1 N–H and O–H groups in total. The van der Waals surface area contributed by atoms with E-state index in [9.17, 15) is 9.59 Å². The number of piperidine rings is 1. The Kier molecular flexibility index (Phi) is 4.79. The molecule has 6 heteroatoms. The molecule has 0 unspecified atom stereocenters. The van der Waals surface area contributed by atoms with Gasteiger partial charge in [-0.1, -0.05) is 23.7 Å². The first-order valence-electron chi connectivity index (χ1n) is 9.25. The minimum absolute atomic E-state index is 0.0703. The van der Waals surface area contributed by atoms with E-state index in [1.807, 2.05) is 30.1 Å². The summed E-state index contributed by atoms with van der Waals surface area (Å²) in [5.74, 6) is -0.0828. The van der Waals surface area contributed by atoms with Gasteiger partial charge < -0.3 is 15.1 Å². The lowest BCUT2D eigenvalue weighted by Gasteiger charge is -2.46. The maximum atomic E-state index is 12.8. The molecule has 2 aliphatic rings. The van der Waals surface area contributed by atoms with Crippen molar-refractivity contribution in [2.24, 2.45) is 0 Å². The number of halogens is 1. The van der Waals surface area contributed by atoms with Crippen molar-refractivity contribution in [3.63, 3.8) is 0 Å². The average molecular weight is 384 g/mol. The van der Waals surface area contributed by atoms with E-state index in [0.717, 1.165) is 37.1 Å². The number of fused-ring (bicyclic) bond motifs is 2. The zero-order valence-electron chi connectivity index (χ0n) is 15.2. The van der Waals surface area contributed by atoms with E-state index < -0.39 is 0 Å². The van der Waals surface area contributed by atoms with Crippen molar-refractivity contribution >= 4 is 29.1 Å². The summed E-state index contributed by atoms with van der Waals surface area (Å²) in [7, 11) is 2.00. The summed E-state index contributed by atoms with van der Waals surface area (Å²) in [6.45, 7) is 1.23. The fourth-order valence-corrected chi connectivity index (χ4v) is 4.03. The molecule has 2 aromatic rings. The van der Waals surface area contributed by atoms with Gasteiger partial charge in [-0.25, -0.2) is 0 Å². The van der Waals surface area contributed by atoms with Gasteiger partial charge in [0, 0.05) is 30.7 Å². The van der Waals surface area contributed by atoms with Gasteiger partial charge in [-0.15, -0.1) is 0 Å². The van der Waals surface area contributed by atoms with E-state index in [-0.39, 0.29) is 18.0 Å². The predicted molar refractivity (Wildman–Crippen MR) is 106 cm³/mol. The fraction of sp³-hybridized carbons (Fsp3) is 0.333. The largest absolute Gasteiger partial charge is 0.354 e. The monoisotopic (exact) mass is 383 g/mol. The third kappa shape index (κ3) is 3.39. The van der Waals surface area contributed by atoms with Crippen LogP contribution >= 0.6 is 11.6 Å². The van der Waals surface area contributed by atoms with Crippen LogP contribution in [0.4, 0.5) is 5.69 Å². The lowest BCUT2D eigenvalue weighted by molar-refractivity contribution is 0.0589. The molecule has 4 rings (SSSR count). The SMILES string of the molecule is CN1c2cc(C(=O)NCc3ccc(Cl)cc3)ccc2C(=O)N2CCCC[C@@H]21. The van der Waals surface area contributed by atoms with Gasteiger partial charge in [0.05, 0.1) is 11.3 Å². The second kappa shape index (κ2) is 7.24. The molecule has 0 aromatic heterocycles. The average Bonchev–Trinajstić information content (AvgIpc) is 2.71. The van der Waals surface area contributed by atoms with Gasteiger partial charge in [-0.3, -0.25) is 9.59 Å². The van der Waals surface area contributed by atoms with Crippen LogP contribution in [-0.4, -0.2) is 36.5 Å². The lowest BCUT2D eigenvalue weighted by Crippen LogP contribution is -2.55. The highest BCUT2D eigenvalue weighted by Gasteiger charge is 2.37. The number of hydrogen-bond acceptors (Lipinski definition) is 3. The highest BCUT2D eigenvalue weighted by atomic mass is 35.5. The number of carbonyl (C=O) groups excluding carboxylic acids is 2. The highest BCUT2D eigenvalue weighted by Crippen LogP contribution is 2.34. The summed E-state index contributed by atoms with van der Waals surface area (Å²) in [5, 5.41) is 3.60. The molecule has 27 heavy (non-hydrogen) atoms. The summed E-state index contributed by atoms with van der Waals surface area (Å²) in [5.41, 5.74) is 3.05. The predicted octanol–water partition coefficient (Wildman–Crippen LogP) is 3.67. The Morgan fingerprint density at radius 2 is 1.96 bits per heavy atom. The lowest BCUT2D eigenvalue weighted by atomic mass is 9.97. The number of carbonyl (C=O) groups is 2. The van der Waals surface area contributed by atoms with E-state index in [0.29, 0.717) is 22.7 Å². The first kappa shape index (κ1) is 17.9. The zero-order valence-corrected chi connectivity index (χ0v) is 16.0. The van der Waals surface area contributed by atoms with Crippen LogP contribution in [0.2, 0.25) is 5.02 Å². The van der Waals surface area contributed by atoms with Crippen molar-refractivity contribution in [3.8, 4) is 0 Å². The molecular formula is C21H22ClN3O2. The maximum Gasteiger partial charge on any atom is 0.257 e. The Hall–Kier alpha value is -2.53. The molecule has 2 amide bonds. The van der Waals surface area contributed by atoms with E-state index in [1.165, 1.54) is 0 Å². The molecule has 0 bridgehead atoms. The maximum absolute atomic E-state index is 12.8. The van der Waals surface area contributed by atoms with Crippen LogP contribution in [0.1, 0.15) is 45.5 Å². The van der Waals surface area contributed by atoms with E-state index in [1.54, 1.807) is 24.3 Å². The fourth-order valence-electron chi connectivity index (χ4n) is 3.90. The second-order valence-electron chi connectivity index (χ2n) is 7.13. The van der Waals surface area contributed by atoms with Crippen LogP contribution in [0.15, 0.2) is 42.5 Å². The molecule has 1 saturated heterocycles.